The van der Waals surface area contributed by atoms with E-state index >= 15 is 0 Å². The Bertz CT molecular complexity index is 1190. The van der Waals surface area contributed by atoms with E-state index in [1.807, 2.05) is 0 Å². The summed E-state index contributed by atoms with van der Waals surface area (Å²) in [5.74, 6) is -0.00824. The number of carbonyl (C=O) groups excluding carboxylic acids is 2. The predicted octanol–water partition coefficient (Wildman–Crippen LogP) is 23.5. The smallest absolute Gasteiger partial charge is 0.305 e. The average Bonchev–Trinajstić information content (AvgIpc) is 3.45. The van der Waals surface area contributed by atoms with Crippen LogP contribution < -0.4 is 5.32 Å². The van der Waals surface area contributed by atoms with E-state index in [1.165, 1.54) is 347 Å². The Morgan fingerprint density at radius 2 is 0.595 bits per heavy atom. The maximum absolute atomic E-state index is 12.5. The molecular formula is C73H143NO5. The molecule has 0 aliphatic carbocycles. The number of amides is 1. The first kappa shape index (κ1) is 77.6. The van der Waals surface area contributed by atoms with Crippen molar-refractivity contribution < 1.29 is 24.5 Å². The third-order valence-corrected chi connectivity index (χ3v) is 17.3. The maximum Gasteiger partial charge on any atom is 0.305 e. The molecule has 0 radical (unpaired) electrons. The molecule has 1 amide bonds. The highest BCUT2D eigenvalue weighted by atomic mass is 16.5. The number of ether oxygens (including phenoxy) is 1. The fourth-order valence-corrected chi connectivity index (χ4v) is 11.8. The molecule has 470 valence electrons. The minimum Gasteiger partial charge on any atom is -0.466 e. The fourth-order valence-electron chi connectivity index (χ4n) is 11.8. The van der Waals surface area contributed by atoms with Crippen LogP contribution in [-0.4, -0.2) is 47.4 Å². The number of esters is 1. The maximum atomic E-state index is 12.5. The summed E-state index contributed by atoms with van der Waals surface area (Å²) in [6.07, 6.45) is 85.6. The van der Waals surface area contributed by atoms with E-state index in [-0.39, 0.29) is 18.5 Å². The average molecular weight is 1110 g/mol. The van der Waals surface area contributed by atoms with Crippen LogP contribution in [0, 0.1) is 0 Å². The molecule has 6 heteroatoms. The highest BCUT2D eigenvalue weighted by Gasteiger charge is 2.20. The highest BCUT2D eigenvalue weighted by Crippen LogP contribution is 2.19. The molecular weight excluding hydrogens is 971 g/mol. The van der Waals surface area contributed by atoms with E-state index in [9.17, 15) is 19.8 Å². The number of unbranched alkanes of at least 4 members (excludes halogenated alkanes) is 56. The van der Waals surface area contributed by atoms with Crippen LogP contribution in [0.25, 0.3) is 0 Å². The van der Waals surface area contributed by atoms with Gasteiger partial charge in [0.05, 0.1) is 25.4 Å². The zero-order chi connectivity index (χ0) is 57.1. The second kappa shape index (κ2) is 69.1. The zero-order valence-electron chi connectivity index (χ0n) is 53.9. The topological polar surface area (TPSA) is 95.9 Å². The van der Waals surface area contributed by atoms with Gasteiger partial charge in [-0.3, -0.25) is 9.59 Å². The lowest BCUT2D eigenvalue weighted by molar-refractivity contribution is -0.143. The van der Waals surface area contributed by atoms with Gasteiger partial charge in [-0.05, 0) is 51.4 Å². The number of hydrogen-bond acceptors (Lipinski definition) is 5. The summed E-state index contributed by atoms with van der Waals surface area (Å²) in [7, 11) is 0. The summed E-state index contributed by atoms with van der Waals surface area (Å²) >= 11 is 0. The lowest BCUT2D eigenvalue weighted by atomic mass is 10.0. The van der Waals surface area contributed by atoms with Crippen molar-refractivity contribution in [1.82, 2.24) is 5.32 Å². The molecule has 0 aromatic carbocycles. The zero-order valence-corrected chi connectivity index (χ0v) is 53.9. The Kier molecular flexibility index (Phi) is 67.9. The highest BCUT2D eigenvalue weighted by molar-refractivity contribution is 5.76. The van der Waals surface area contributed by atoms with Gasteiger partial charge in [-0.1, -0.05) is 366 Å². The van der Waals surface area contributed by atoms with Crippen LogP contribution in [0.5, 0.6) is 0 Å². The summed E-state index contributed by atoms with van der Waals surface area (Å²) in [6.45, 7) is 5.00. The van der Waals surface area contributed by atoms with Crippen molar-refractivity contribution in [3.8, 4) is 0 Å². The molecule has 0 aromatic heterocycles. The van der Waals surface area contributed by atoms with Gasteiger partial charge in [0.2, 0.25) is 5.91 Å². The number of carbonyl (C=O) groups is 2. The number of nitrogens with one attached hydrogen (secondary N) is 1. The molecule has 0 bridgehead atoms. The van der Waals surface area contributed by atoms with Crippen LogP contribution in [0.4, 0.5) is 0 Å². The molecule has 0 spiro atoms. The van der Waals surface area contributed by atoms with Crippen molar-refractivity contribution in [3.05, 3.63) is 12.2 Å². The van der Waals surface area contributed by atoms with Crippen molar-refractivity contribution >= 4 is 11.9 Å². The third-order valence-electron chi connectivity index (χ3n) is 17.3. The van der Waals surface area contributed by atoms with E-state index in [4.69, 9.17) is 4.74 Å². The molecule has 2 atom stereocenters. The minimum absolute atomic E-state index is 0.0211. The molecule has 3 N–H and O–H groups in total. The van der Waals surface area contributed by atoms with Gasteiger partial charge in [-0.25, -0.2) is 0 Å². The van der Waals surface area contributed by atoms with E-state index in [1.54, 1.807) is 0 Å². The van der Waals surface area contributed by atoms with Crippen molar-refractivity contribution in [2.24, 2.45) is 0 Å². The van der Waals surface area contributed by atoms with E-state index in [2.05, 4.69) is 31.3 Å². The molecule has 0 aliphatic heterocycles. The van der Waals surface area contributed by atoms with E-state index < -0.39 is 12.1 Å². The minimum atomic E-state index is -0.663. The van der Waals surface area contributed by atoms with Crippen LogP contribution >= 0.6 is 0 Å². The molecule has 79 heavy (non-hydrogen) atoms. The normalized spacial score (nSPS) is 12.5. The summed E-state index contributed by atoms with van der Waals surface area (Å²) < 4.78 is 5.50. The van der Waals surface area contributed by atoms with Gasteiger partial charge in [-0.2, -0.15) is 0 Å². The monoisotopic (exact) mass is 1110 g/mol. The molecule has 6 nitrogen and oxygen atoms in total. The molecule has 2 unspecified atom stereocenters. The van der Waals surface area contributed by atoms with Gasteiger partial charge in [0.25, 0.3) is 0 Å². The van der Waals surface area contributed by atoms with Gasteiger partial charge in [0, 0.05) is 12.8 Å². The Morgan fingerprint density at radius 3 is 0.899 bits per heavy atom. The molecule has 0 heterocycles. The van der Waals surface area contributed by atoms with Gasteiger partial charge in [0.15, 0.2) is 0 Å². The summed E-state index contributed by atoms with van der Waals surface area (Å²) in [4.78, 5) is 24.6. The van der Waals surface area contributed by atoms with Crippen molar-refractivity contribution in [2.45, 2.75) is 431 Å². The van der Waals surface area contributed by atoms with Crippen LogP contribution in [0.15, 0.2) is 12.2 Å². The number of aliphatic hydroxyl groups excluding tert-OH is 2. The molecule has 0 fully saturated rings. The molecule has 0 saturated carbocycles. The van der Waals surface area contributed by atoms with Crippen molar-refractivity contribution in [1.29, 1.82) is 0 Å². The number of allylic oxidation sites excluding steroid dienone is 2. The SMILES string of the molecule is CCCCCCCCCCCCCCCCCCCC(O)C(CO)NC(=O)CCCCCCCCCCCCCCCC/C=C\CCCCCCCCCCCCCCOC(=O)CCCCCCCCCCCCCCCCC. The van der Waals surface area contributed by atoms with Crippen LogP contribution in [0.2, 0.25) is 0 Å². The quantitative estimate of drug-likeness (QED) is 0.0320. The second-order valence-corrected chi connectivity index (χ2v) is 25.3. The lowest BCUT2D eigenvalue weighted by Crippen LogP contribution is -2.45. The van der Waals surface area contributed by atoms with E-state index in [0.29, 0.717) is 25.9 Å². The number of hydrogen-bond donors (Lipinski definition) is 3. The largest absolute Gasteiger partial charge is 0.466 e. The lowest BCUT2D eigenvalue weighted by Gasteiger charge is -2.22. The Balaban J connectivity index is 3.35. The molecule has 0 rings (SSSR count). The first-order chi connectivity index (χ1) is 39.0. The van der Waals surface area contributed by atoms with E-state index in [0.717, 1.165) is 38.5 Å². The molecule has 0 aliphatic rings. The van der Waals surface area contributed by atoms with Gasteiger partial charge in [-0.15, -0.1) is 0 Å². The number of aliphatic hydroxyl groups is 2. The van der Waals surface area contributed by atoms with Gasteiger partial charge in [0.1, 0.15) is 0 Å². The number of rotatable bonds is 69. The van der Waals surface area contributed by atoms with Crippen LogP contribution in [0.1, 0.15) is 418 Å². The summed E-state index contributed by atoms with van der Waals surface area (Å²) in [6, 6.07) is -0.540. The van der Waals surface area contributed by atoms with Crippen molar-refractivity contribution in [3.63, 3.8) is 0 Å². The van der Waals surface area contributed by atoms with Crippen LogP contribution in [-0.2, 0) is 14.3 Å². The first-order valence-electron chi connectivity index (χ1n) is 36.4. The van der Waals surface area contributed by atoms with Gasteiger partial charge < -0.3 is 20.3 Å². The fraction of sp³-hybridized carbons (Fsp3) is 0.945. The van der Waals surface area contributed by atoms with Gasteiger partial charge >= 0.3 is 5.97 Å². The standard InChI is InChI=1S/C73H143NO5/c1-3-5-7-9-11-13-15-17-19-34-38-41-45-49-53-57-61-65-71(76)70(69-75)74-72(77)66-62-58-54-50-46-42-39-35-32-30-28-26-24-22-20-21-23-25-27-29-31-33-36-40-44-48-52-56-60-64-68-79-73(78)67-63-59-55-51-47-43-37-18-16-14-12-10-8-6-4-2/h21,23,70-71,75-76H,3-20,22,24-69H2,1-2H3,(H,74,77)/b23-21-. The molecule has 0 aromatic rings. The first-order valence-corrected chi connectivity index (χ1v) is 36.4. The third kappa shape index (κ3) is 65.6. The Morgan fingerprint density at radius 1 is 0.342 bits per heavy atom. The van der Waals surface area contributed by atoms with Crippen LogP contribution in [0.3, 0.4) is 0 Å². The van der Waals surface area contributed by atoms with Crippen molar-refractivity contribution in [2.75, 3.05) is 13.2 Å². The Labute approximate surface area is 495 Å². The molecule has 0 saturated heterocycles. The predicted molar refractivity (Wildman–Crippen MR) is 347 cm³/mol. The second-order valence-electron chi connectivity index (χ2n) is 25.3. The summed E-state index contributed by atoms with van der Waals surface area (Å²) in [5.41, 5.74) is 0. The Hall–Kier alpha value is -1.40. The summed E-state index contributed by atoms with van der Waals surface area (Å²) in [5, 5.41) is 23.4.